The van der Waals surface area contributed by atoms with Gasteiger partial charge in [0.2, 0.25) is 0 Å². The van der Waals surface area contributed by atoms with Crippen LogP contribution in [0.5, 0.6) is 0 Å². The van der Waals surface area contributed by atoms with E-state index in [0.717, 1.165) is 17.9 Å². The van der Waals surface area contributed by atoms with Gasteiger partial charge in [0.15, 0.2) is 5.65 Å². The Hall–Kier alpha value is -1.65. The van der Waals surface area contributed by atoms with Crippen molar-refractivity contribution in [2.45, 2.75) is 64.2 Å². The van der Waals surface area contributed by atoms with Crippen LogP contribution in [0.25, 0.3) is 11.2 Å². The molecule has 114 valence electrons. The third-order valence-corrected chi connectivity index (χ3v) is 4.63. The molecule has 2 aromatic rings. The van der Waals surface area contributed by atoms with Crippen LogP contribution in [0.15, 0.2) is 6.07 Å². The Morgan fingerprint density at radius 1 is 1.05 bits per heavy atom. The standard InChI is InChI=1S/C16H25N5/c17-14-11-13(15-16(18-14)20-21-19-15)10-12-8-6-4-2-1-3-5-7-9-12/h11-12H,1-10H2,(H3,17,18,19,20,21). The van der Waals surface area contributed by atoms with E-state index in [0.29, 0.717) is 11.5 Å². The largest absolute Gasteiger partial charge is 0.384 e. The molecule has 0 saturated heterocycles. The number of rotatable bonds is 2. The predicted octanol–water partition coefficient (Wildman–Crippen LogP) is 3.62. The van der Waals surface area contributed by atoms with Crippen LogP contribution in [0.2, 0.25) is 0 Å². The first kappa shape index (κ1) is 14.3. The van der Waals surface area contributed by atoms with E-state index in [1.807, 2.05) is 6.07 Å². The third kappa shape index (κ3) is 3.71. The molecule has 5 heteroatoms. The normalized spacial score (nSPS) is 18.9. The van der Waals surface area contributed by atoms with E-state index in [1.165, 1.54) is 63.4 Å². The summed E-state index contributed by atoms with van der Waals surface area (Å²) in [5.41, 5.74) is 8.71. The number of nitrogens with zero attached hydrogens (tertiary/aromatic N) is 3. The molecule has 0 amide bonds. The first-order chi connectivity index (χ1) is 10.3. The Labute approximate surface area is 125 Å². The van der Waals surface area contributed by atoms with Crippen molar-refractivity contribution in [3.8, 4) is 0 Å². The molecule has 1 aliphatic rings. The average molecular weight is 287 g/mol. The molecule has 0 atom stereocenters. The van der Waals surface area contributed by atoms with Crippen molar-refractivity contribution in [2.24, 2.45) is 5.92 Å². The highest BCUT2D eigenvalue weighted by Gasteiger charge is 2.15. The summed E-state index contributed by atoms with van der Waals surface area (Å²) < 4.78 is 0. The van der Waals surface area contributed by atoms with Gasteiger partial charge in [0.05, 0.1) is 0 Å². The Balaban J connectivity index is 1.74. The van der Waals surface area contributed by atoms with Gasteiger partial charge in [-0.3, -0.25) is 0 Å². The van der Waals surface area contributed by atoms with Crippen LogP contribution in [0.4, 0.5) is 5.82 Å². The summed E-state index contributed by atoms with van der Waals surface area (Å²) in [7, 11) is 0. The summed E-state index contributed by atoms with van der Waals surface area (Å²) in [5, 5.41) is 10.9. The minimum absolute atomic E-state index is 0.559. The number of fused-ring (bicyclic) bond motifs is 1. The van der Waals surface area contributed by atoms with Gasteiger partial charge in [-0.05, 0) is 24.0 Å². The number of nitrogens with one attached hydrogen (secondary N) is 1. The van der Waals surface area contributed by atoms with Gasteiger partial charge in [0.25, 0.3) is 0 Å². The fourth-order valence-corrected chi connectivity index (χ4v) is 3.49. The maximum Gasteiger partial charge on any atom is 0.178 e. The molecule has 0 spiro atoms. The number of nitrogen functional groups attached to an aromatic ring is 1. The van der Waals surface area contributed by atoms with Crippen molar-refractivity contribution in [3.63, 3.8) is 0 Å². The molecule has 1 aliphatic carbocycles. The quantitative estimate of drug-likeness (QED) is 0.884. The number of hydrogen-bond donors (Lipinski definition) is 2. The first-order valence-corrected chi connectivity index (χ1v) is 8.29. The molecule has 0 aliphatic heterocycles. The summed E-state index contributed by atoms with van der Waals surface area (Å²) in [4.78, 5) is 4.25. The van der Waals surface area contributed by atoms with Crippen LogP contribution < -0.4 is 5.73 Å². The zero-order valence-corrected chi connectivity index (χ0v) is 12.6. The number of pyridine rings is 1. The molecule has 0 aromatic carbocycles. The fraction of sp³-hybridized carbons (Fsp3) is 0.688. The number of hydrogen-bond acceptors (Lipinski definition) is 4. The van der Waals surface area contributed by atoms with Gasteiger partial charge in [0.1, 0.15) is 11.3 Å². The lowest BCUT2D eigenvalue weighted by atomic mass is 9.87. The molecule has 2 heterocycles. The van der Waals surface area contributed by atoms with E-state index in [1.54, 1.807) is 0 Å². The van der Waals surface area contributed by atoms with E-state index in [4.69, 9.17) is 5.73 Å². The third-order valence-electron chi connectivity index (χ3n) is 4.63. The number of aromatic amines is 1. The number of nitrogens with two attached hydrogens (primary N) is 1. The van der Waals surface area contributed by atoms with Crippen LogP contribution in [-0.4, -0.2) is 20.4 Å². The lowest BCUT2D eigenvalue weighted by Crippen LogP contribution is -2.07. The monoisotopic (exact) mass is 287 g/mol. The number of aromatic nitrogens is 4. The molecule has 3 N–H and O–H groups in total. The molecule has 21 heavy (non-hydrogen) atoms. The Kier molecular flexibility index (Phi) is 4.68. The van der Waals surface area contributed by atoms with Crippen LogP contribution in [0.1, 0.15) is 63.4 Å². The lowest BCUT2D eigenvalue weighted by molar-refractivity contribution is 0.387. The highest BCUT2D eigenvalue weighted by atomic mass is 15.3. The van der Waals surface area contributed by atoms with Crippen molar-refractivity contribution in [1.82, 2.24) is 20.4 Å². The van der Waals surface area contributed by atoms with E-state index in [9.17, 15) is 0 Å². The van der Waals surface area contributed by atoms with E-state index < -0.39 is 0 Å². The number of anilines is 1. The topological polar surface area (TPSA) is 80.5 Å². The average Bonchev–Trinajstić information content (AvgIpc) is 2.94. The summed E-state index contributed by atoms with van der Waals surface area (Å²) in [6.07, 6.45) is 13.4. The summed E-state index contributed by atoms with van der Waals surface area (Å²) >= 11 is 0. The van der Waals surface area contributed by atoms with Crippen LogP contribution in [0.3, 0.4) is 0 Å². The maximum absolute atomic E-state index is 5.90. The van der Waals surface area contributed by atoms with E-state index in [-0.39, 0.29) is 0 Å². The molecule has 1 fully saturated rings. The molecular formula is C16H25N5. The Morgan fingerprint density at radius 3 is 2.43 bits per heavy atom. The zero-order chi connectivity index (χ0) is 14.5. The van der Waals surface area contributed by atoms with Crippen molar-refractivity contribution in [3.05, 3.63) is 11.6 Å². The van der Waals surface area contributed by atoms with Gasteiger partial charge in [-0.1, -0.05) is 63.0 Å². The van der Waals surface area contributed by atoms with Gasteiger partial charge in [-0.15, -0.1) is 5.10 Å². The Bertz CT molecular complexity index is 567. The van der Waals surface area contributed by atoms with Gasteiger partial charge >= 0.3 is 0 Å². The SMILES string of the molecule is Nc1cc(CC2CCCCCCCCC2)c2nn[nH]c2n1. The highest BCUT2D eigenvalue weighted by molar-refractivity contribution is 5.75. The fourth-order valence-electron chi connectivity index (χ4n) is 3.49. The molecule has 0 bridgehead atoms. The minimum Gasteiger partial charge on any atom is -0.384 e. The first-order valence-electron chi connectivity index (χ1n) is 8.29. The summed E-state index contributed by atoms with van der Waals surface area (Å²) in [5.74, 6) is 1.30. The molecule has 5 nitrogen and oxygen atoms in total. The van der Waals surface area contributed by atoms with Crippen molar-refractivity contribution >= 4 is 17.0 Å². The smallest absolute Gasteiger partial charge is 0.178 e. The molecule has 2 aromatic heterocycles. The van der Waals surface area contributed by atoms with Crippen LogP contribution in [-0.2, 0) is 6.42 Å². The zero-order valence-electron chi connectivity index (χ0n) is 12.6. The second kappa shape index (κ2) is 6.87. The van der Waals surface area contributed by atoms with Crippen molar-refractivity contribution in [1.29, 1.82) is 0 Å². The van der Waals surface area contributed by atoms with Gasteiger partial charge in [-0.25, -0.2) is 10.1 Å². The summed E-state index contributed by atoms with van der Waals surface area (Å²) in [6.45, 7) is 0. The lowest BCUT2D eigenvalue weighted by Gasteiger charge is -2.18. The van der Waals surface area contributed by atoms with E-state index in [2.05, 4.69) is 20.4 Å². The highest BCUT2D eigenvalue weighted by Crippen LogP contribution is 2.27. The van der Waals surface area contributed by atoms with E-state index >= 15 is 0 Å². The van der Waals surface area contributed by atoms with Crippen LogP contribution in [0, 0.1) is 5.92 Å². The van der Waals surface area contributed by atoms with Crippen LogP contribution >= 0.6 is 0 Å². The van der Waals surface area contributed by atoms with Crippen molar-refractivity contribution in [2.75, 3.05) is 5.73 Å². The molecule has 3 rings (SSSR count). The number of H-pyrrole nitrogens is 1. The molecule has 1 saturated carbocycles. The van der Waals surface area contributed by atoms with Gasteiger partial charge < -0.3 is 5.73 Å². The van der Waals surface area contributed by atoms with Gasteiger partial charge in [0, 0.05) is 0 Å². The molecule has 0 radical (unpaired) electrons. The minimum atomic E-state index is 0.559. The summed E-state index contributed by atoms with van der Waals surface area (Å²) in [6, 6.07) is 1.98. The molecule has 0 unspecified atom stereocenters. The molecular weight excluding hydrogens is 262 g/mol. The Morgan fingerprint density at radius 2 is 1.71 bits per heavy atom. The second-order valence-electron chi connectivity index (χ2n) is 6.34. The van der Waals surface area contributed by atoms with Gasteiger partial charge in [-0.2, -0.15) is 0 Å². The second-order valence-corrected chi connectivity index (χ2v) is 6.34. The maximum atomic E-state index is 5.90. The predicted molar refractivity (Wildman–Crippen MR) is 84.8 cm³/mol. The van der Waals surface area contributed by atoms with Crippen molar-refractivity contribution < 1.29 is 0 Å².